The highest BCUT2D eigenvalue weighted by Crippen LogP contribution is 2.47. The molecule has 0 aromatic heterocycles. The van der Waals surface area contributed by atoms with E-state index in [-0.39, 0.29) is 23.2 Å². The molecule has 0 spiro atoms. The van der Waals surface area contributed by atoms with E-state index in [0.717, 1.165) is 0 Å². The third kappa shape index (κ3) is 4.71. The fraction of sp³-hybridized carbons (Fsp3) is 0.296. The van der Waals surface area contributed by atoms with Crippen LogP contribution in [0.15, 0.2) is 54.6 Å². The van der Waals surface area contributed by atoms with Crippen LogP contribution in [0.2, 0.25) is 5.02 Å². The molecule has 3 aromatic rings. The van der Waals surface area contributed by atoms with Crippen molar-refractivity contribution in [2.45, 2.75) is 18.8 Å². The van der Waals surface area contributed by atoms with E-state index < -0.39 is 29.4 Å². The van der Waals surface area contributed by atoms with Gasteiger partial charge in [-0.25, -0.2) is 8.78 Å². The molecule has 1 aliphatic heterocycles. The fourth-order valence-electron chi connectivity index (χ4n) is 5.05. The topological polar surface area (TPSA) is 60.8 Å². The number of benzene rings is 3. The van der Waals surface area contributed by atoms with Gasteiger partial charge in [-0.15, -0.1) is 0 Å². The van der Waals surface area contributed by atoms with Gasteiger partial charge < -0.3 is 10.2 Å². The Morgan fingerprint density at radius 2 is 1.91 bits per heavy atom. The number of aliphatic hydroxyl groups excluding tert-OH is 1. The number of Topliss-reactive ketones (excluding diaryl/α,β-unsaturated/α-hetero) is 1. The SMILES string of the molecule is Cc1c(F)cccc1[C@H]1[C@@H](C(=O)c2cccc(O)c2)CN(CCO)C[C@@H]1c1cc[c]c(F)c1Cl. The van der Waals surface area contributed by atoms with Gasteiger partial charge in [0.2, 0.25) is 0 Å². The van der Waals surface area contributed by atoms with Crippen LogP contribution in [0.4, 0.5) is 8.78 Å². The quantitative estimate of drug-likeness (QED) is 0.477. The van der Waals surface area contributed by atoms with Crippen LogP contribution >= 0.6 is 11.6 Å². The highest BCUT2D eigenvalue weighted by molar-refractivity contribution is 6.31. The number of ketones is 1. The number of hydrogen-bond donors (Lipinski definition) is 2. The number of carbonyl (C=O) groups excluding carboxylic acids is 1. The molecule has 0 bridgehead atoms. The van der Waals surface area contributed by atoms with Gasteiger partial charge in [-0.05, 0) is 41.8 Å². The van der Waals surface area contributed by atoms with Crippen LogP contribution in [0.1, 0.15) is 38.9 Å². The van der Waals surface area contributed by atoms with Crippen LogP contribution in [0.5, 0.6) is 5.75 Å². The van der Waals surface area contributed by atoms with Crippen molar-refractivity contribution in [2.75, 3.05) is 26.2 Å². The molecule has 4 nitrogen and oxygen atoms in total. The molecule has 3 atom stereocenters. The molecular weight excluding hydrogens is 460 g/mol. The molecular formula is C27H25ClF2NO3. The lowest BCUT2D eigenvalue weighted by atomic mass is 9.67. The average molecular weight is 485 g/mol. The lowest BCUT2D eigenvalue weighted by molar-refractivity contribution is 0.0699. The summed E-state index contributed by atoms with van der Waals surface area (Å²) in [7, 11) is 0. The lowest BCUT2D eigenvalue weighted by Crippen LogP contribution is -2.48. The minimum absolute atomic E-state index is 0.0346. The number of piperidine rings is 1. The number of hydrogen-bond acceptors (Lipinski definition) is 4. The molecule has 2 N–H and O–H groups in total. The summed E-state index contributed by atoms with van der Waals surface area (Å²) >= 11 is 6.37. The number of aromatic hydroxyl groups is 1. The minimum atomic E-state index is -0.691. The van der Waals surface area contributed by atoms with Crippen LogP contribution in [0.3, 0.4) is 0 Å². The molecule has 0 unspecified atom stereocenters. The summed E-state index contributed by atoms with van der Waals surface area (Å²) in [5.41, 5.74) is 1.90. The molecule has 1 fully saturated rings. The van der Waals surface area contributed by atoms with E-state index in [1.807, 2.05) is 4.90 Å². The molecule has 4 rings (SSSR count). The zero-order valence-electron chi connectivity index (χ0n) is 18.6. The maximum atomic E-state index is 14.7. The maximum Gasteiger partial charge on any atom is 0.167 e. The third-order valence-corrected chi connectivity index (χ3v) is 7.03. The number of likely N-dealkylation sites (tertiary alicyclic amines) is 1. The second-order valence-electron chi connectivity index (χ2n) is 8.65. The summed E-state index contributed by atoms with van der Waals surface area (Å²) in [6, 6.07) is 16.4. The Morgan fingerprint density at radius 3 is 2.65 bits per heavy atom. The van der Waals surface area contributed by atoms with Gasteiger partial charge in [0, 0.05) is 49.0 Å². The van der Waals surface area contributed by atoms with Crippen molar-refractivity contribution in [3.05, 3.63) is 99.6 Å². The molecule has 7 heteroatoms. The monoisotopic (exact) mass is 484 g/mol. The molecule has 3 aromatic carbocycles. The van der Waals surface area contributed by atoms with Crippen molar-refractivity contribution in [1.29, 1.82) is 0 Å². The van der Waals surface area contributed by atoms with Gasteiger partial charge in [-0.3, -0.25) is 9.69 Å². The Kier molecular flexibility index (Phi) is 7.31. The van der Waals surface area contributed by atoms with Gasteiger partial charge in [0.15, 0.2) is 5.78 Å². The second-order valence-corrected chi connectivity index (χ2v) is 9.03. The number of carbonyl (C=O) groups is 1. The summed E-state index contributed by atoms with van der Waals surface area (Å²) in [5.74, 6) is -2.97. The first kappa shape index (κ1) is 24.3. The standard InChI is InChI=1S/C27H25ClF2NO3/c1-16-19(7-3-9-23(16)29)25-21(20-8-4-10-24(30)26(20)28)14-31(11-12-32)15-22(25)27(34)17-5-2-6-18(33)13-17/h2-9,13,21-22,25,32-33H,11-12,14-15H2,1H3/t21-,22+,25-/m1/s1. The van der Waals surface area contributed by atoms with Crippen molar-refractivity contribution in [1.82, 2.24) is 4.90 Å². The minimum Gasteiger partial charge on any atom is -0.508 e. The van der Waals surface area contributed by atoms with E-state index >= 15 is 0 Å². The molecule has 34 heavy (non-hydrogen) atoms. The maximum absolute atomic E-state index is 14.7. The number of β-amino-alcohol motifs (C(OH)–C–C–N with tert-alkyl or cyclic N) is 1. The Hall–Kier alpha value is -2.80. The van der Waals surface area contributed by atoms with Crippen molar-refractivity contribution in [3.63, 3.8) is 0 Å². The second kappa shape index (κ2) is 10.2. The van der Waals surface area contributed by atoms with E-state index in [9.17, 15) is 23.8 Å². The van der Waals surface area contributed by atoms with Gasteiger partial charge in [0.05, 0.1) is 11.6 Å². The fourth-order valence-corrected chi connectivity index (χ4v) is 5.30. The first-order valence-electron chi connectivity index (χ1n) is 11.1. The predicted molar refractivity (Wildman–Crippen MR) is 126 cm³/mol. The molecule has 0 saturated carbocycles. The Morgan fingerprint density at radius 1 is 1.15 bits per heavy atom. The van der Waals surface area contributed by atoms with E-state index in [1.54, 1.807) is 37.3 Å². The van der Waals surface area contributed by atoms with Gasteiger partial charge >= 0.3 is 0 Å². The number of rotatable bonds is 6. The van der Waals surface area contributed by atoms with Crippen LogP contribution in [0.25, 0.3) is 0 Å². The first-order chi connectivity index (χ1) is 16.3. The Bertz CT molecular complexity index is 1200. The zero-order chi connectivity index (χ0) is 24.4. The number of phenolic OH excluding ortho intramolecular Hbond substituents is 1. The molecule has 1 saturated heterocycles. The van der Waals surface area contributed by atoms with Gasteiger partial charge in [0.1, 0.15) is 17.4 Å². The summed E-state index contributed by atoms with van der Waals surface area (Å²) in [6.45, 7) is 2.57. The summed E-state index contributed by atoms with van der Waals surface area (Å²) in [6.07, 6.45) is 0. The molecule has 1 heterocycles. The third-order valence-electron chi connectivity index (χ3n) is 6.65. The van der Waals surface area contributed by atoms with Crippen LogP contribution in [-0.4, -0.2) is 47.1 Å². The predicted octanol–water partition coefficient (Wildman–Crippen LogP) is 5.11. The molecule has 1 radical (unpaired) electrons. The molecule has 0 amide bonds. The van der Waals surface area contributed by atoms with Crippen molar-refractivity contribution >= 4 is 17.4 Å². The number of nitrogens with zero attached hydrogens (tertiary/aromatic N) is 1. The molecule has 1 aliphatic rings. The number of aliphatic hydroxyl groups is 1. The normalized spacial score (nSPS) is 20.9. The Balaban J connectivity index is 1.91. The number of phenols is 1. The van der Waals surface area contributed by atoms with Crippen LogP contribution in [0, 0.1) is 30.5 Å². The summed E-state index contributed by atoms with van der Waals surface area (Å²) < 4.78 is 29.1. The largest absolute Gasteiger partial charge is 0.508 e. The van der Waals surface area contributed by atoms with Gasteiger partial charge in [0.25, 0.3) is 0 Å². The summed E-state index contributed by atoms with van der Waals surface area (Å²) in [4.78, 5) is 15.7. The van der Waals surface area contributed by atoms with Crippen molar-refractivity contribution < 1.29 is 23.8 Å². The van der Waals surface area contributed by atoms with Crippen LogP contribution in [-0.2, 0) is 0 Å². The lowest BCUT2D eigenvalue weighted by Gasteiger charge is -2.44. The van der Waals surface area contributed by atoms with E-state index in [0.29, 0.717) is 41.9 Å². The highest BCUT2D eigenvalue weighted by atomic mass is 35.5. The van der Waals surface area contributed by atoms with E-state index in [4.69, 9.17) is 11.6 Å². The van der Waals surface area contributed by atoms with Gasteiger partial charge in [-0.2, -0.15) is 0 Å². The number of halogens is 3. The van der Waals surface area contributed by atoms with E-state index in [2.05, 4.69) is 6.07 Å². The Labute approximate surface area is 202 Å². The summed E-state index contributed by atoms with van der Waals surface area (Å²) in [5, 5.41) is 19.5. The highest BCUT2D eigenvalue weighted by Gasteiger charge is 2.43. The van der Waals surface area contributed by atoms with E-state index in [1.165, 1.54) is 24.3 Å². The molecule has 177 valence electrons. The van der Waals surface area contributed by atoms with Crippen LogP contribution < -0.4 is 0 Å². The van der Waals surface area contributed by atoms with Gasteiger partial charge in [-0.1, -0.05) is 48.0 Å². The smallest absolute Gasteiger partial charge is 0.167 e. The first-order valence-corrected chi connectivity index (χ1v) is 11.5. The zero-order valence-corrected chi connectivity index (χ0v) is 19.4. The van der Waals surface area contributed by atoms with Crippen molar-refractivity contribution in [3.8, 4) is 5.75 Å². The average Bonchev–Trinajstić information content (AvgIpc) is 2.82. The molecule has 0 aliphatic carbocycles. The van der Waals surface area contributed by atoms with Crippen molar-refractivity contribution in [2.24, 2.45) is 5.92 Å².